The molecule has 5 nitrogen and oxygen atoms in total. The summed E-state index contributed by atoms with van der Waals surface area (Å²) in [6.45, 7) is 6.52. The van der Waals surface area contributed by atoms with Gasteiger partial charge < -0.3 is 4.74 Å². The molecule has 0 fully saturated rings. The second-order valence-electron chi connectivity index (χ2n) is 4.34. The van der Waals surface area contributed by atoms with Crippen molar-refractivity contribution in [2.45, 2.75) is 33.9 Å². The molecule has 100 valence electrons. The molecule has 2 rings (SSSR count). The molecule has 0 aliphatic heterocycles. The molecule has 0 aliphatic carbocycles. The summed E-state index contributed by atoms with van der Waals surface area (Å²) in [7, 11) is 0. The first-order valence-corrected chi connectivity index (χ1v) is 6.23. The number of nitrogens with zero attached hydrogens (tertiary/aromatic N) is 3. The van der Waals surface area contributed by atoms with Crippen LogP contribution >= 0.6 is 0 Å². The Morgan fingerprint density at radius 1 is 1.42 bits per heavy atom. The van der Waals surface area contributed by atoms with Crippen LogP contribution in [-0.4, -0.2) is 20.5 Å². The van der Waals surface area contributed by atoms with Crippen molar-refractivity contribution in [2.75, 3.05) is 0 Å². The first-order valence-electron chi connectivity index (χ1n) is 6.23. The molecule has 19 heavy (non-hydrogen) atoms. The van der Waals surface area contributed by atoms with Gasteiger partial charge in [-0.2, -0.15) is 5.10 Å². The highest BCUT2D eigenvalue weighted by molar-refractivity contribution is 5.97. The fourth-order valence-electron chi connectivity index (χ4n) is 1.85. The number of hydrogen-bond donors (Lipinski definition) is 0. The zero-order valence-electron chi connectivity index (χ0n) is 11.4. The third-order valence-corrected chi connectivity index (χ3v) is 2.87. The quantitative estimate of drug-likeness (QED) is 0.774. The van der Waals surface area contributed by atoms with E-state index in [1.165, 1.54) is 13.3 Å². The van der Waals surface area contributed by atoms with Gasteiger partial charge in [0, 0.05) is 6.54 Å². The summed E-state index contributed by atoms with van der Waals surface area (Å²) in [6.07, 6.45) is 1.50. The number of carbonyl (C=O) groups excluding carboxylic acids is 1. The summed E-state index contributed by atoms with van der Waals surface area (Å²) >= 11 is 0. The smallest absolute Gasteiger partial charge is 0.164 e. The Morgan fingerprint density at radius 3 is 2.89 bits per heavy atom. The maximum atomic E-state index is 11.6. The van der Waals surface area contributed by atoms with Gasteiger partial charge in [0.15, 0.2) is 11.6 Å². The maximum absolute atomic E-state index is 11.6. The molecular formula is C14H17N3O2. The lowest BCUT2D eigenvalue weighted by Crippen LogP contribution is -2.08. The van der Waals surface area contributed by atoms with Crippen LogP contribution < -0.4 is 4.74 Å². The molecule has 0 saturated heterocycles. The third-order valence-electron chi connectivity index (χ3n) is 2.87. The summed E-state index contributed by atoms with van der Waals surface area (Å²) in [5, 5.41) is 4.08. The number of carbonyl (C=O) groups is 1. The molecule has 5 heteroatoms. The second kappa shape index (κ2) is 5.65. The van der Waals surface area contributed by atoms with E-state index in [0.717, 1.165) is 17.9 Å². The van der Waals surface area contributed by atoms with Gasteiger partial charge >= 0.3 is 0 Å². The summed E-state index contributed by atoms with van der Waals surface area (Å²) in [6, 6.07) is 5.58. The first kappa shape index (κ1) is 13.3. The molecule has 0 spiro atoms. The summed E-state index contributed by atoms with van der Waals surface area (Å²) in [5.41, 5.74) is 1.64. The van der Waals surface area contributed by atoms with Crippen LogP contribution in [0.5, 0.6) is 5.75 Å². The molecule has 0 bridgehead atoms. The van der Waals surface area contributed by atoms with Gasteiger partial charge in [-0.3, -0.25) is 4.79 Å². The van der Waals surface area contributed by atoms with Crippen LogP contribution in [0.4, 0.5) is 0 Å². The molecule has 0 aliphatic rings. The lowest BCUT2D eigenvalue weighted by molar-refractivity contribution is 0.101. The normalized spacial score (nSPS) is 10.5. The van der Waals surface area contributed by atoms with Crippen molar-refractivity contribution in [1.29, 1.82) is 0 Å². The second-order valence-corrected chi connectivity index (χ2v) is 4.34. The SMILES string of the molecule is CCn1ncnc1COc1ccc(C)cc1C(C)=O. The van der Waals surface area contributed by atoms with Crippen molar-refractivity contribution in [3.8, 4) is 5.75 Å². The van der Waals surface area contributed by atoms with Crippen molar-refractivity contribution in [3.05, 3.63) is 41.5 Å². The predicted molar refractivity (Wildman–Crippen MR) is 71.2 cm³/mol. The van der Waals surface area contributed by atoms with Crippen LogP contribution in [0.25, 0.3) is 0 Å². The summed E-state index contributed by atoms with van der Waals surface area (Å²) in [4.78, 5) is 15.7. The lowest BCUT2D eigenvalue weighted by Gasteiger charge is -2.10. The fraction of sp³-hybridized carbons (Fsp3) is 0.357. The Bertz CT molecular complexity index is 590. The average Bonchev–Trinajstić information content (AvgIpc) is 2.84. The zero-order chi connectivity index (χ0) is 13.8. The molecule has 0 N–H and O–H groups in total. The highest BCUT2D eigenvalue weighted by Gasteiger charge is 2.10. The monoisotopic (exact) mass is 259 g/mol. The minimum Gasteiger partial charge on any atom is -0.485 e. The number of aromatic nitrogens is 3. The van der Waals surface area contributed by atoms with Crippen LogP contribution in [0, 0.1) is 6.92 Å². The Kier molecular flexibility index (Phi) is 3.94. The number of rotatable bonds is 5. The highest BCUT2D eigenvalue weighted by atomic mass is 16.5. The van der Waals surface area contributed by atoms with Crippen molar-refractivity contribution >= 4 is 5.78 Å². The van der Waals surface area contributed by atoms with Gasteiger partial charge in [-0.25, -0.2) is 9.67 Å². The van der Waals surface area contributed by atoms with Crippen LogP contribution in [0.2, 0.25) is 0 Å². The molecular weight excluding hydrogens is 242 g/mol. The van der Waals surface area contributed by atoms with E-state index in [9.17, 15) is 4.79 Å². The molecule has 0 radical (unpaired) electrons. The van der Waals surface area contributed by atoms with E-state index in [1.807, 2.05) is 32.0 Å². The fourth-order valence-corrected chi connectivity index (χ4v) is 1.85. The Morgan fingerprint density at radius 2 is 2.21 bits per heavy atom. The van der Waals surface area contributed by atoms with Gasteiger partial charge in [-0.05, 0) is 32.9 Å². The Balaban J connectivity index is 2.18. The number of hydrogen-bond acceptors (Lipinski definition) is 4. The maximum Gasteiger partial charge on any atom is 0.164 e. The lowest BCUT2D eigenvalue weighted by atomic mass is 10.1. The van der Waals surface area contributed by atoms with E-state index < -0.39 is 0 Å². The molecule has 0 amide bonds. The Labute approximate surface area is 112 Å². The first-order chi connectivity index (χ1) is 9.11. The van der Waals surface area contributed by atoms with Gasteiger partial charge in [0.1, 0.15) is 18.7 Å². The van der Waals surface area contributed by atoms with Crippen molar-refractivity contribution in [3.63, 3.8) is 0 Å². The van der Waals surface area contributed by atoms with Crippen molar-refractivity contribution < 1.29 is 9.53 Å². The summed E-state index contributed by atoms with van der Waals surface area (Å²) < 4.78 is 7.46. The largest absolute Gasteiger partial charge is 0.485 e. The molecule has 0 atom stereocenters. The standard InChI is InChI=1S/C14H17N3O2/c1-4-17-14(15-9-16-17)8-19-13-6-5-10(2)7-12(13)11(3)18/h5-7,9H,4,8H2,1-3H3. The van der Waals surface area contributed by atoms with Gasteiger partial charge in [0.25, 0.3) is 0 Å². The van der Waals surface area contributed by atoms with E-state index in [-0.39, 0.29) is 5.78 Å². The van der Waals surface area contributed by atoms with E-state index in [1.54, 1.807) is 4.68 Å². The van der Waals surface area contributed by atoms with E-state index in [2.05, 4.69) is 10.1 Å². The highest BCUT2D eigenvalue weighted by Crippen LogP contribution is 2.21. The minimum absolute atomic E-state index is 0.00402. The van der Waals surface area contributed by atoms with E-state index in [0.29, 0.717) is 17.9 Å². The number of aryl methyl sites for hydroxylation is 2. The predicted octanol–water partition coefficient (Wildman–Crippen LogP) is 2.39. The van der Waals surface area contributed by atoms with Gasteiger partial charge in [-0.1, -0.05) is 11.6 Å². The molecule has 1 aromatic heterocycles. The number of ketones is 1. The van der Waals surface area contributed by atoms with Crippen LogP contribution in [0.15, 0.2) is 24.5 Å². The number of benzene rings is 1. The third kappa shape index (κ3) is 2.99. The molecule has 2 aromatic rings. The van der Waals surface area contributed by atoms with Crippen molar-refractivity contribution in [1.82, 2.24) is 14.8 Å². The van der Waals surface area contributed by atoms with E-state index in [4.69, 9.17) is 4.74 Å². The van der Waals surface area contributed by atoms with Gasteiger partial charge in [-0.15, -0.1) is 0 Å². The van der Waals surface area contributed by atoms with E-state index >= 15 is 0 Å². The topological polar surface area (TPSA) is 57.0 Å². The molecule has 0 saturated carbocycles. The Hall–Kier alpha value is -2.17. The zero-order valence-corrected chi connectivity index (χ0v) is 11.4. The molecule has 1 heterocycles. The number of Topliss-reactive ketones (excluding diaryl/α,β-unsaturated/α-hetero) is 1. The summed E-state index contributed by atoms with van der Waals surface area (Å²) in [5.74, 6) is 1.33. The average molecular weight is 259 g/mol. The van der Waals surface area contributed by atoms with Crippen LogP contribution in [-0.2, 0) is 13.2 Å². The molecule has 0 unspecified atom stereocenters. The van der Waals surface area contributed by atoms with Crippen LogP contribution in [0.3, 0.4) is 0 Å². The van der Waals surface area contributed by atoms with Crippen LogP contribution in [0.1, 0.15) is 35.6 Å². The van der Waals surface area contributed by atoms with Crippen molar-refractivity contribution in [2.24, 2.45) is 0 Å². The van der Waals surface area contributed by atoms with Gasteiger partial charge in [0.05, 0.1) is 5.56 Å². The minimum atomic E-state index is -0.00402. The van der Waals surface area contributed by atoms with Gasteiger partial charge in [0.2, 0.25) is 0 Å². The number of ether oxygens (including phenoxy) is 1. The molecule has 1 aromatic carbocycles.